The monoisotopic (exact) mass is 631 g/mol. The molecule has 0 N–H and O–H groups in total. The van der Waals surface area contributed by atoms with Gasteiger partial charge < -0.3 is 8.82 Å². The van der Waals surface area contributed by atoms with Crippen molar-refractivity contribution < 1.29 is 13.6 Å². The van der Waals surface area contributed by atoms with Crippen molar-refractivity contribution in [2.45, 2.75) is 31.7 Å². The largest absolute Gasteiger partial charge is 0.456 e. The second-order valence-corrected chi connectivity index (χ2v) is 13.9. The molecule has 0 saturated carbocycles. The number of benzene rings is 4. The Hall–Kier alpha value is -6.00. The summed E-state index contributed by atoms with van der Waals surface area (Å²) in [5.41, 5.74) is 15.6. The molecule has 0 fully saturated rings. The molecule has 11 rings (SSSR count). The lowest BCUT2D eigenvalue weighted by Crippen LogP contribution is -2.53. The first-order valence-electron chi connectivity index (χ1n) is 17.2. The van der Waals surface area contributed by atoms with E-state index < -0.39 is 0 Å². The van der Waals surface area contributed by atoms with Crippen molar-refractivity contribution in [3.8, 4) is 22.5 Å². The van der Waals surface area contributed by atoms with Gasteiger partial charge in [-0.25, -0.2) is 0 Å². The van der Waals surface area contributed by atoms with Crippen LogP contribution >= 0.6 is 0 Å². The fraction of sp³-hybridized carbons (Fsp3) is 0.111. The van der Waals surface area contributed by atoms with E-state index in [1.807, 2.05) is 12.1 Å². The fourth-order valence-corrected chi connectivity index (χ4v) is 9.32. The van der Waals surface area contributed by atoms with Gasteiger partial charge in [0.15, 0.2) is 12.4 Å². The molecule has 4 nitrogen and oxygen atoms in total. The maximum atomic E-state index is 6.30. The number of para-hydroxylation sites is 1. The normalized spacial score (nSPS) is 17.0. The molecule has 2 aliphatic heterocycles. The number of rotatable bonds is 0. The molecule has 0 aliphatic carbocycles. The van der Waals surface area contributed by atoms with Crippen LogP contribution < -0.4 is 14.4 Å². The van der Waals surface area contributed by atoms with E-state index in [0.717, 1.165) is 51.1 Å². The average Bonchev–Trinajstić information content (AvgIpc) is 3.76. The lowest BCUT2D eigenvalue weighted by atomic mass is 9.78. The quantitative estimate of drug-likeness (QED) is 0.153. The van der Waals surface area contributed by atoms with Crippen molar-refractivity contribution in [1.82, 2.24) is 4.40 Å². The lowest BCUT2D eigenvalue weighted by Gasteiger charge is -2.29. The summed E-state index contributed by atoms with van der Waals surface area (Å²) in [6, 6.07) is 39.9. The van der Waals surface area contributed by atoms with Crippen LogP contribution in [0.2, 0.25) is 0 Å². The highest BCUT2D eigenvalue weighted by atomic mass is 16.3. The smallest absolute Gasteiger partial charge is 0.249 e. The van der Waals surface area contributed by atoms with Gasteiger partial charge in [-0.05, 0) is 91.6 Å². The minimum atomic E-state index is 0.0904. The highest BCUT2D eigenvalue weighted by Gasteiger charge is 2.46. The van der Waals surface area contributed by atoms with Crippen LogP contribution in [0.25, 0.3) is 84.1 Å². The summed E-state index contributed by atoms with van der Waals surface area (Å²) in [4.78, 5) is 0. The summed E-state index contributed by atoms with van der Waals surface area (Å²) in [7, 11) is 0. The predicted molar refractivity (Wildman–Crippen MR) is 198 cm³/mol. The number of allylic oxidation sites excluding steroid dienone is 1. The molecule has 2 unspecified atom stereocenters. The van der Waals surface area contributed by atoms with Gasteiger partial charge in [-0.1, -0.05) is 43.0 Å². The summed E-state index contributed by atoms with van der Waals surface area (Å²) in [6.45, 7) is 11.7. The molecular weight excluding hydrogens is 599 g/mol. The molecule has 4 heteroatoms. The average molecular weight is 632 g/mol. The number of pyridine rings is 2. The minimum absolute atomic E-state index is 0.0904. The van der Waals surface area contributed by atoms with Crippen molar-refractivity contribution in [3.63, 3.8) is 0 Å². The van der Waals surface area contributed by atoms with Crippen LogP contribution in [0.4, 0.5) is 0 Å². The van der Waals surface area contributed by atoms with Crippen molar-refractivity contribution >= 4 is 61.5 Å². The van der Waals surface area contributed by atoms with Gasteiger partial charge in [0.1, 0.15) is 11.2 Å². The number of nitrogens with zero attached hydrogens (tertiary/aromatic N) is 3. The molecule has 0 saturated heterocycles. The maximum Gasteiger partial charge on any atom is 0.249 e. The van der Waals surface area contributed by atoms with Crippen LogP contribution in [0.15, 0.2) is 133 Å². The second-order valence-electron chi connectivity index (χ2n) is 13.9. The highest BCUT2D eigenvalue weighted by Crippen LogP contribution is 2.45. The summed E-state index contributed by atoms with van der Waals surface area (Å²) in [5.74, 6) is 0.272. The molecule has 0 amide bonds. The Morgan fingerprint density at radius 2 is 1.47 bits per heavy atom. The molecule has 7 heterocycles. The molecule has 0 radical (unpaired) electrons. The fourth-order valence-electron chi connectivity index (χ4n) is 9.32. The van der Waals surface area contributed by atoms with Gasteiger partial charge in [-0.3, -0.25) is 0 Å². The Kier molecular flexibility index (Phi) is 5.26. The molecule has 49 heavy (non-hydrogen) atoms. The van der Waals surface area contributed by atoms with Crippen molar-refractivity contribution in [1.29, 1.82) is 0 Å². The molecule has 0 spiro atoms. The van der Waals surface area contributed by atoms with E-state index in [1.54, 1.807) is 0 Å². The third-order valence-electron chi connectivity index (χ3n) is 11.5. The number of fused-ring (bicyclic) bond motifs is 17. The van der Waals surface area contributed by atoms with E-state index in [-0.39, 0.29) is 12.0 Å². The molecule has 2 aliphatic rings. The van der Waals surface area contributed by atoms with E-state index in [1.165, 1.54) is 61.1 Å². The van der Waals surface area contributed by atoms with Gasteiger partial charge in [0.05, 0.1) is 28.0 Å². The topological polar surface area (TPSA) is 25.3 Å². The van der Waals surface area contributed by atoms with Crippen molar-refractivity contribution in [3.05, 3.63) is 150 Å². The maximum absolute atomic E-state index is 6.30. The van der Waals surface area contributed by atoms with Gasteiger partial charge in [-0.15, -0.1) is 0 Å². The molecule has 4 aromatic carbocycles. The third-order valence-corrected chi connectivity index (χ3v) is 11.5. The summed E-state index contributed by atoms with van der Waals surface area (Å²) in [5, 5.41) is 5.74. The summed E-state index contributed by atoms with van der Waals surface area (Å²) >= 11 is 0. The number of aryl methyl sites for hydroxylation is 2. The SMILES string of the molecule is C=C1C2C(CCc3cc4c(cc3-c3cccc[n+]31)c(C)c1c(=C)c3cc5oc6ccccc6c5cc3n14)c1ccccc1-c1cccc[n+]12. The van der Waals surface area contributed by atoms with Crippen LogP contribution in [0.5, 0.6) is 0 Å². The van der Waals surface area contributed by atoms with E-state index >= 15 is 0 Å². The zero-order valence-electron chi connectivity index (χ0n) is 27.3. The van der Waals surface area contributed by atoms with Crippen LogP contribution in [0.1, 0.15) is 35.1 Å². The molecular formula is C45H33N3O+2. The third kappa shape index (κ3) is 3.48. The zero-order valence-corrected chi connectivity index (χ0v) is 27.3. The molecule has 0 bridgehead atoms. The van der Waals surface area contributed by atoms with E-state index in [2.05, 4.69) is 136 Å². The van der Waals surface area contributed by atoms with Gasteiger partial charge in [0, 0.05) is 56.6 Å². The second kappa shape index (κ2) is 9.55. The van der Waals surface area contributed by atoms with E-state index in [9.17, 15) is 0 Å². The summed E-state index contributed by atoms with van der Waals surface area (Å²) < 4.78 is 13.6. The Morgan fingerprint density at radius 1 is 0.694 bits per heavy atom. The molecule has 5 aromatic heterocycles. The first kappa shape index (κ1) is 27.0. The Bertz CT molecular complexity index is 2960. The Labute approximate surface area is 283 Å². The number of hydrogen-bond donors (Lipinski definition) is 0. The number of furan rings is 1. The number of aromatic nitrogens is 3. The van der Waals surface area contributed by atoms with Crippen LogP contribution in [-0.2, 0) is 6.42 Å². The van der Waals surface area contributed by atoms with Crippen molar-refractivity contribution in [2.75, 3.05) is 0 Å². The molecule has 232 valence electrons. The van der Waals surface area contributed by atoms with E-state index in [4.69, 9.17) is 11.0 Å². The van der Waals surface area contributed by atoms with E-state index in [0.29, 0.717) is 0 Å². The minimum Gasteiger partial charge on any atom is -0.456 e. The number of hydrogen-bond acceptors (Lipinski definition) is 1. The Morgan fingerprint density at radius 3 is 2.39 bits per heavy atom. The van der Waals surface area contributed by atoms with Crippen molar-refractivity contribution in [2.24, 2.45) is 0 Å². The molecule has 2 atom stereocenters. The highest BCUT2D eigenvalue weighted by molar-refractivity contribution is 6.12. The lowest BCUT2D eigenvalue weighted by molar-refractivity contribution is -0.727. The standard InChI is InChI=1S/C45H33N3O/c1-26-34-23-36-29(22-40(34)48-41-24-37-32-14-6-7-17-42(32)49-43(37)25-35(41)27(2)44(26)48)18-19-33-30-12-4-5-13-31(30)38-15-9-11-21-47(38)45(33)28(3)46-20-10-8-16-39(36)46/h4-17,20-25,33,45H,2-3,18-19H2,1H3/q+2. The van der Waals surface area contributed by atoms with Crippen LogP contribution in [-0.4, -0.2) is 4.40 Å². The van der Waals surface area contributed by atoms with Gasteiger partial charge in [-0.2, -0.15) is 9.13 Å². The van der Waals surface area contributed by atoms with Crippen LogP contribution in [0.3, 0.4) is 0 Å². The van der Waals surface area contributed by atoms with Gasteiger partial charge in [0.2, 0.25) is 23.1 Å². The van der Waals surface area contributed by atoms with Gasteiger partial charge >= 0.3 is 0 Å². The molecule has 9 aromatic rings. The first-order valence-corrected chi connectivity index (χ1v) is 17.2. The first-order chi connectivity index (χ1) is 24.1. The Balaban J connectivity index is 1.19. The predicted octanol–water partition coefficient (Wildman–Crippen LogP) is 9.25. The van der Waals surface area contributed by atoms with Crippen LogP contribution in [0, 0.1) is 6.92 Å². The summed E-state index contributed by atoms with van der Waals surface area (Å²) in [6.07, 6.45) is 6.39. The zero-order chi connectivity index (χ0) is 32.5. The van der Waals surface area contributed by atoms with Gasteiger partial charge in [0.25, 0.3) is 0 Å².